The zero-order valence-corrected chi connectivity index (χ0v) is 20.9. The van der Waals surface area contributed by atoms with E-state index in [1.54, 1.807) is 18.6 Å². The molecule has 1 fully saturated rings. The Morgan fingerprint density at radius 1 is 1.05 bits per heavy atom. The van der Waals surface area contributed by atoms with Crippen molar-refractivity contribution in [3.63, 3.8) is 0 Å². The predicted octanol–water partition coefficient (Wildman–Crippen LogP) is 6.01. The van der Waals surface area contributed by atoms with Crippen LogP contribution in [0.3, 0.4) is 0 Å². The third kappa shape index (κ3) is 5.83. The van der Waals surface area contributed by atoms with Gasteiger partial charge in [-0.2, -0.15) is 0 Å². The third-order valence-electron chi connectivity index (χ3n) is 6.80. The van der Waals surface area contributed by atoms with Crippen molar-refractivity contribution in [1.82, 2.24) is 19.9 Å². The number of carbonyl (C=O) groups excluding carboxylic acids is 1. The van der Waals surface area contributed by atoms with Crippen LogP contribution in [0, 0.1) is 6.92 Å². The van der Waals surface area contributed by atoms with Crippen molar-refractivity contribution in [2.24, 2.45) is 0 Å². The summed E-state index contributed by atoms with van der Waals surface area (Å²) in [4.78, 5) is 26.0. The number of carbonyl (C=O) groups is 1. The Kier molecular flexibility index (Phi) is 7.21. The molecule has 7 heteroatoms. The molecule has 1 saturated heterocycles. The van der Waals surface area contributed by atoms with Crippen molar-refractivity contribution in [2.45, 2.75) is 25.7 Å². The van der Waals surface area contributed by atoms with Crippen molar-refractivity contribution in [1.29, 1.82) is 0 Å². The average molecular weight is 491 g/mol. The third-order valence-corrected chi connectivity index (χ3v) is 6.80. The first kappa shape index (κ1) is 24.2. The average Bonchev–Trinajstić information content (AvgIpc) is 2.95. The van der Waals surface area contributed by atoms with Crippen molar-refractivity contribution in [3.8, 4) is 11.3 Å². The number of anilines is 3. The molecule has 0 aliphatic carbocycles. The van der Waals surface area contributed by atoms with Crippen LogP contribution in [-0.4, -0.2) is 39.4 Å². The van der Waals surface area contributed by atoms with E-state index < -0.39 is 0 Å². The molecule has 2 aromatic heterocycles. The first-order valence-electron chi connectivity index (χ1n) is 12.5. The number of benzene rings is 2. The summed E-state index contributed by atoms with van der Waals surface area (Å²) in [5, 5.41) is 6.78. The standard InChI is InChI=1S/C30H30N6O/c1-21-5-10-27(18-29(21)35-30-32-15-11-28(34-30)26-4-3-14-31-19-26)33-22(2)23-6-8-24(9-7-23)25-12-16-36(20-37)17-13-25/h3-11,14-15,18-20,25,33H,2,12-13,16-17H2,1H3,(H,32,34,35). The van der Waals surface area contributed by atoms with Gasteiger partial charge in [0.2, 0.25) is 12.4 Å². The highest BCUT2D eigenvalue weighted by atomic mass is 16.1. The second-order valence-electron chi connectivity index (χ2n) is 9.30. The smallest absolute Gasteiger partial charge is 0.227 e. The van der Waals surface area contributed by atoms with Crippen LogP contribution in [-0.2, 0) is 4.79 Å². The summed E-state index contributed by atoms with van der Waals surface area (Å²) in [5.74, 6) is 1.02. The second kappa shape index (κ2) is 11.0. The number of aromatic nitrogens is 3. The first-order chi connectivity index (χ1) is 18.1. The van der Waals surface area contributed by atoms with Gasteiger partial charge in [0.15, 0.2) is 0 Å². The molecule has 5 rings (SSSR count). The number of likely N-dealkylation sites (tertiary alicyclic amines) is 1. The number of hydrogen-bond donors (Lipinski definition) is 2. The maximum atomic E-state index is 11.0. The highest BCUT2D eigenvalue weighted by Crippen LogP contribution is 2.30. The Balaban J connectivity index is 1.26. The molecule has 0 atom stereocenters. The van der Waals surface area contributed by atoms with Crippen LogP contribution < -0.4 is 10.6 Å². The highest BCUT2D eigenvalue weighted by Gasteiger charge is 2.19. The molecule has 7 nitrogen and oxygen atoms in total. The lowest BCUT2D eigenvalue weighted by Crippen LogP contribution is -2.31. The zero-order chi connectivity index (χ0) is 25.6. The number of amides is 1. The molecular formula is C30H30N6O. The number of rotatable bonds is 8. The minimum absolute atomic E-state index is 0.496. The molecule has 1 aliphatic heterocycles. The van der Waals surface area contributed by atoms with E-state index in [0.29, 0.717) is 11.9 Å². The molecule has 186 valence electrons. The van der Waals surface area contributed by atoms with E-state index in [1.165, 1.54) is 5.56 Å². The van der Waals surface area contributed by atoms with Crippen molar-refractivity contribution in [3.05, 3.63) is 103 Å². The van der Waals surface area contributed by atoms with Crippen LogP contribution >= 0.6 is 0 Å². The van der Waals surface area contributed by atoms with Gasteiger partial charge in [0, 0.05) is 54.3 Å². The van der Waals surface area contributed by atoms with Gasteiger partial charge in [-0.05, 0) is 72.7 Å². The number of aryl methyl sites for hydroxylation is 1. The second-order valence-corrected chi connectivity index (χ2v) is 9.30. The van der Waals surface area contributed by atoms with E-state index in [1.807, 2.05) is 42.2 Å². The first-order valence-corrected chi connectivity index (χ1v) is 12.5. The van der Waals surface area contributed by atoms with Crippen molar-refractivity contribution < 1.29 is 4.79 Å². The topological polar surface area (TPSA) is 83.0 Å². The predicted molar refractivity (Wildman–Crippen MR) is 148 cm³/mol. The lowest BCUT2D eigenvalue weighted by Gasteiger charge is -2.29. The van der Waals surface area contributed by atoms with E-state index in [0.717, 1.165) is 71.8 Å². The summed E-state index contributed by atoms with van der Waals surface area (Å²) >= 11 is 0. The Hall–Kier alpha value is -4.52. The summed E-state index contributed by atoms with van der Waals surface area (Å²) in [6, 6.07) is 20.4. The van der Waals surface area contributed by atoms with Crippen LogP contribution in [0.15, 0.2) is 85.8 Å². The van der Waals surface area contributed by atoms with E-state index in [9.17, 15) is 4.79 Å². The molecule has 1 aliphatic rings. The molecule has 1 amide bonds. The van der Waals surface area contributed by atoms with Crippen LogP contribution in [0.2, 0.25) is 0 Å². The molecule has 0 bridgehead atoms. The van der Waals surface area contributed by atoms with Gasteiger partial charge in [0.05, 0.1) is 5.69 Å². The molecule has 0 unspecified atom stereocenters. The Labute approximate surface area is 217 Å². The molecule has 0 saturated carbocycles. The summed E-state index contributed by atoms with van der Waals surface area (Å²) in [6.07, 6.45) is 8.24. The molecule has 3 heterocycles. The fourth-order valence-electron chi connectivity index (χ4n) is 4.59. The number of pyridine rings is 1. The number of nitrogens with one attached hydrogen (secondary N) is 2. The van der Waals surface area contributed by atoms with Crippen LogP contribution in [0.1, 0.15) is 35.4 Å². The summed E-state index contributed by atoms with van der Waals surface area (Å²) in [5.41, 5.74) is 7.85. The summed E-state index contributed by atoms with van der Waals surface area (Å²) < 4.78 is 0. The van der Waals surface area contributed by atoms with E-state index in [4.69, 9.17) is 0 Å². The maximum absolute atomic E-state index is 11.0. The van der Waals surface area contributed by atoms with Crippen LogP contribution in [0.4, 0.5) is 17.3 Å². The maximum Gasteiger partial charge on any atom is 0.227 e. The summed E-state index contributed by atoms with van der Waals surface area (Å²) in [7, 11) is 0. The van der Waals surface area contributed by atoms with Gasteiger partial charge in [0.25, 0.3) is 0 Å². The fourth-order valence-corrected chi connectivity index (χ4v) is 4.59. The van der Waals surface area contributed by atoms with Crippen molar-refractivity contribution in [2.75, 3.05) is 23.7 Å². The molecular weight excluding hydrogens is 460 g/mol. The molecule has 0 radical (unpaired) electrons. The Bertz CT molecular complexity index is 1380. The van der Waals surface area contributed by atoms with Gasteiger partial charge in [0.1, 0.15) is 0 Å². The number of piperidine rings is 1. The number of hydrogen-bond acceptors (Lipinski definition) is 6. The Morgan fingerprint density at radius 3 is 2.59 bits per heavy atom. The SMILES string of the molecule is C=C(Nc1ccc(C)c(Nc2nccc(-c3cccnc3)n2)c1)c1ccc(C2CCN(C=O)CC2)cc1. The van der Waals surface area contributed by atoms with E-state index in [-0.39, 0.29) is 0 Å². The van der Waals surface area contributed by atoms with Gasteiger partial charge in [-0.15, -0.1) is 0 Å². The van der Waals surface area contributed by atoms with Gasteiger partial charge < -0.3 is 15.5 Å². The minimum atomic E-state index is 0.496. The van der Waals surface area contributed by atoms with Crippen molar-refractivity contribution >= 4 is 29.4 Å². The summed E-state index contributed by atoms with van der Waals surface area (Å²) in [6.45, 7) is 7.96. The fraction of sp³-hybridized carbons (Fsp3) is 0.200. The normalized spacial score (nSPS) is 13.7. The zero-order valence-electron chi connectivity index (χ0n) is 20.9. The minimum Gasteiger partial charge on any atom is -0.355 e. The lowest BCUT2D eigenvalue weighted by molar-refractivity contribution is -0.119. The van der Waals surface area contributed by atoms with Gasteiger partial charge in [-0.1, -0.05) is 36.9 Å². The number of nitrogens with zero attached hydrogens (tertiary/aromatic N) is 4. The van der Waals surface area contributed by atoms with Gasteiger partial charge in [-0.3, -0.25) is 9.78 Å². The van der Waals surface area contributed by atoms with E-state index in [2.05, 4.69) is 62.5 Å². The molecule has 2 aromatic carbocycles. The lowest BCUT2D eigenvalue weighted by atomic mass is 9.89. The monoisotopic (exact) mass is 490 g/mol. The molecule has 2 N–H and O–H groups in total. The molecule has 4 aromatic rings. The van der Waals surface area contributed by atoms with Crippen LogP contribution in [0.25, 0.3) is 17.0 Å². The van der Waals surface area contributed by atoms with E-state index >= 15 is 0 Å². The largest absolute Gasteiger partial charge is 0.355 e. The van der Waals surface area contributed by atoms with Gasteiger partial charge >= 0.3 is 0 Å². The highest BCUT2D eigenvalue weighted by molar-refractivity contribution is 5.78. The quantitative estimate of drug-likeness (QED) is 0.294. The van der Waals surface area contributed by atoms with Gasteiger partial charge in [-0.25, -0.2) is 9.97 Å². The van der Waals surface area contributed by atoms with Crippen LogP contribution in [0.5, 0.6) is 0 Å². The molecule has 37 heavy (non-hydrogen) atoms. The Morgan fingerprint density at radius 2 is 1.86 bits per heavy atom. The molecule has 0 spiro atoms.